The van der Waals surface area contributed by atoms with E-state index in [0.717, 1.165) is 42.2 Å². The molecule has 1 fully saturated rings. The number of hydrogen-bond donors (Lipinski definition) is 3. The number of aromatic amines is 2. The minimum absolute atomic E-state index is 0.106. The molecule has 3 heterocycles. The normalized spacial score (nSPS) is 22.4. The van der Waals surface area contributed by atoms with E-state index in [2.05, 4.69) is 19.5 Å². The minimum Gasteiger partial charge on any atom is -0.396 e. The highest BCUT2D eigenvalue weighted by atomic mass is 16.3. The third kappa shape index (κ3) is 2.02. The Morgan fingerprint density at radius 1 is 1.23 bits per heavy atom. The molecule has 0 aliphatic heterocycles. The molecule has 1 aliphatic rings. The van der Waals surface area contributed by atoms with Gasteiger partial charge in [-0.05, 0) is 37.7 Å². The van der Waals surface area contributed by atoms with Gasteiger partial charge in [0.05, 0.1) is 5.39 Å². The lowest BCUT2D eigenvalue weighted by Gasteiger charge is -2.26. The number of hydrogen-bond acceptors (Lipinski definition) is 3. The van der Waals surface area contributed by atoms with E-state index >= 15 is 0 Å². The van der Waals surface area contributed by atoms with E-state index in [1.807, 2.05) is 12.3 Å². The van der Waals surface area contributed by atoms with Gasteiger partial charge < -0.3 is 10.1 Å². The Morgan fingerprint density at radius 3 is 2.82 bits per heavy atom. The fourth-order valence-electron chi connectivity index (χ4n) is 3.60. The number of aromatic nitrogens is 4. The molecule has 3 N–H and O–H groups in total. The first-order valence-corrected chi connectivity index (χ1v) is 7.77. The molecule has 1 aliphatic carbocycles. The predicted octanol–water partition coefficient (Wildman–Crippen LogP) is 1.42. The van der Waals surface area contributed by atoms with Crippen LogP contribution in [0.25, 0.3) is 21.9 Å². The zero-order valence-electron chi connectivity index (χ0n) is 12.2. The van der Waals surface area contributed by atoms with Crippen molar-refractivity contribution in [1.82, 2.24) is 15.0 Å². The van der Waals surface area contributed by atoms with Crippen LogP contribution in [0.3, 0.4) is 0 Å². The summed E-state index contributed by atoms with van der Waals surface area (Å²) in [4.78, 5) is 22.4. The van der Waals surface area contributed by atoms with Gasteiger partial charge in [-0.25, -0.2) is 19.3 Å². The fourth-order valence-corrected chi connectivity index (χ4v) is 3.60. The maximum absolute atomic E-state index is 12.1. The molecule has 0 unspecified atom stereocenters. The Kier molecular flexibility index (Phi) is 3.18. The van der Waals surface area contributed by atoms with Crippen molar-refractivity contribution in [3.63, 3.8) is 0 Å². The number of aliphatic hydroxyl groups is 1. The van der Waals surface area contributed by atoms with E-state index in [-0.39, 0.29) is 12.2 Å². The second-order valence-corrected chi connectivity index (χ2v) is 6.13. The molecule has 0 atom stereocenters. The van der Waals surface area contributed by atoms with Crippen molar-refractivity contribution in [3.8, 4) is 0 Å². The van der Waals surface area contributed by atoms with Gasteiger partial charge in [-0.2, -0.15) is 0 Å². The monoisotopic (exact) mass is 299 g/mol. The Bertz CT molecular complexity index is 875. The van der Waals surface area contributed by atoms with Crippen LogP contribution < -0.4 is 10.1 Å². The summed E-state index contributed by atoms with van der Waals surface area (Å²) in [6.45, 7) is 0.274. The molecule has 1 saturated carbocycles. The van der Waals surface area contributed by atoms with Gasteiger partial charge in [-0.3, -0.25) is 0 Å². The number of H-pyrrole nitrogens is 2. The van der Waals surface area contributed by atoms with Gasteiger partial charge in [0.25, 0.3) is 0 Å². The molecule has 3 aromatic rings. The van der Waals surface area contributed by atoms with Crippen molar-refractivity contribution in [2.24, 2.45) is 5.92 Å². The van der Waals surface area contributed by atoms with Crippen LogP contribution in [0.1, 0.15) is 31.7 Å². The molecular weight excluding hydrogens is 280 g/mol. The van der Waals surface area contributed by atoms with E-state index in [9.17, 15) is 9.90 Å². The molecule has 114 valence electrons. The third-order valence-electron chi connectivity index (χ3n) is 4.86. The lowest BCUT2D eigenvalue weighted by atomic mass is 9.86. The van der Waals surface area contributed by atoms with Gasteiger partial charge in [0.2, 0.25) is 6.33 Å². The maximum atomic E-state index is 12.1. The predicted molar refractivity (Wildman–Crippen MR) is 82.5 cm³/mol. The quantitative estimate of drug-likeness (QED) is 0.625. The number of nitrogens with one attached hydrogen (secondary N) is 2. The fraction of sp³-hybridized carbons (Fsp3) is 0.438. The van der Waals surface area contributed by atoms with E-state index in [4.69, 9.17) is 0 Å². The number of nitrogens with zero attached hydrogens (tertiary/aromatic N) is 2. The Morgan fingerprint density at radius 2 is 2.05 bits per heavy atom. The number of rotatable bonds is 2. The first-order chi connectivity index (χ1) is 10.8. The van der Waals surface area contributed by atoms with E-state index in [1.165, 1.54) is 0 Å². The molecule has 0 spiro atoms. The number of pyridine rings is 1. The summed E-state index contributed by atoms with van der Waals surface area (Å²) in [6.07, 6.45) is 9.37. The van der Waals surface area contributed by atoms with Crippen molar-refractivity contribution in [2.75, 3.05) is 6.61 Å². The van der Waals surface area contributed by atoms with Gasteiger partial charge in [-0.15, -0.1) is 0 Å². The minimum atomic E-state index is -0.106. The first kappa shape index (κ1) is 13.5. The number of aliphatic hydroxyl groups excluding tert-OH is 1. The maximum Gasteiger partial charge on any atom is 0.344 e. The summed E-state index contributed by atoms with van der Waals surface area (Å²) < 4.78 is 2.18. The molecule has 0 saturated heterocycles. The van der Waals surface area contributed by atoms with Gasteiger partial charge in [0, 0.05) is 19.0 Å². The third-order valence-corrected chi connectivity index (χ3v) is 4.86. The van der Waals surface area contributed by atoms with Crippen LogP contribution in [0.15, 0.2) is 29.6 Å². The molecule has 0 aromatic carbocycles. The van der Waals surface area contributed by atoms with Crippen LogP contribution in [0.4, 0.5) is 0 Å². The van der Waals surface area contributed by atoms with Crippen molar-refractivity contribution in [1.29, 1.82) is 0 Å². The molecule has 0 amide bonds. The average molecular weight is 299 g/mol. The molecular formula is C16H19N4O2+. The molecule has 6 heteroatoms. The molecule has 4 rings (SSSR count). The second-order valence-electron chi connectivity index (χ2n) is 6.13. The smallest absolute Gasteiger partial charge is 0.344 e. The van der Waals surface area contributed by atoms with E-state index in [0.29, 0.717) is 17.3 Å². The summed E-state index contributed by atoms with van der Waals surface area (Å²) >= 11 is 0. The van der Waals surface area contributed by atoms with Crippen molar-refractivity contribution in [2.45, 2.75) is 31.7 Å². The molecule has 0 radical (unpaired) electrons. The van der Waals surface area contributed by atoms with Crippen molar-refractivity contribution >= 4 is 21.9 Å². The highest BCUT2D eigenvalue weighted by Crippen LogP contribution is 2.30. The Labute approximate surface area is 126 Å². The van der Waals surface area contributed by atoms with Crippen LogP contribution in [0.2, 0.25) is 0 Å². The summed E-state index contributed by atoms with van der Waals surface area (Å²) in [6, 6.07) is 2.32. The standard InChI is InChI=1S/C16H18N4O2/c21-8-10-1-3-11(4-2-10)20-9-19-16(22)13-7-18-15-12(14(13)20)5-6-17-15/h5-7,9-11,21H,1-4,8H2,(H,17,18,22)/p+1. The van der Waals surface area contributed by atoms with Gasteiger partial charge in [0.1, 0.15) is 17.1 Å². The van der Waals surface area contributed by atoms with Crippen LogP contribution in [-0.2, 0) is 0 Å². The van der Waals surface area contributed by atoms with Gasteiger partial charge in [-0.1, -0.05) is 0 Å². The topological polar surface area (TPSA) is 85.7 Å². The van der Waals surface area contributed by atoms with Crippen molar-refractivity contribution < 1.29 is 9.67 Å². The van der Waals surface area contributed by atoms with Gasteiger partial charge >= 0.3 is 5.56 Å². The second kappa shape index (κ2) is 5.21. The Hall–Kier alpha value is -2.21. The highest BCUT2D eigenvalue weighted by molar-refractivity contribution is 5.99. The lowest BCUT2D eigenvalue weighted by molar-refractivity contribution is -0.704. The zero-order chi connectivity index (χ0) is 15.1. The van der Waals surface area contributed by atoms with E-state index < -0.39 is 0 Å². The molecule has 6 nitrogen and oxygen atoms in total. The van der Waals surface area contributed by atoms with Crippen LogP contribution in [0, 0.1) is 5.92 Å². The first-order valence-electron chi connectivity index (χ1n) is 7.77. The van der Waals surface area contributed by atoms with Crippen molar-refractivity contribution in [3.05, 3.63) is 35.1 Å². The highest BCUT2D eigenvalue weighted by Gasteiger charge is 2.27. The summed E-state index contributed by atoms with van der Waals surface area (Å²) in [5, 5.41) is 10.9. The molecule has 22 heavy (non-hydrogen) atoms. The zero-order valence-corrected chi connectivity index (χ0v) is 12.2. The summed E-state index contributed by atoms with van der Waals surface area (Å²) in [5.41, 5.74) is 1.64. The summed E-state index contributed by atoms with van der Waals surface area (Å²) in [7, 11) is 0. The number of fused-ring (bicyclic) bond motifs is 3. The lowest BCUT2D eigenvalue weighted by Crippen LogP contribution is -2.44. The summed E-state index contributed by atoms with van der Waals surface area (Å²) in [5.74, 6) is 0.416. The van der Waals surface area contributed by atoms with Crippen LogP contribution in [-0.4, -0.2) is 26.7 Å². The molecule has 0 bridgehead atoms. The largest absolute Gasteiger partial charge is 0.396 e. The Balaban J connectivity index is 1.89. The van der Waals surface area contributed by atoms with E-state index in [1.54, 1.807) is 12.5 Å². The van der Waals surface area contributed by atoms with Crippen LogP contribution >= 0.6 is 0 Å². The molecule has 3 aromatic heterocycles. The van der Waals surface area contributed by atoms with Crippen LogP contribution in [0.5, 0.6) is 0 Å². The average Bonchev–Trinajstić information content (AvgIpc) is 3.04. The van der Waals surface area contributed by atoms with Gasteiger partial charge in [0.15, 0.2) is 5.52 Å². The SMILES string of the molecule is O=c1[nH]c[n+](C2CCC(CO)CC2)c2c1cnc1[nH]ccc12.